The number of hydrogen-bond acceptors (Lipinski definition) is 2. The van der Waals surface area contributed by atoms with Crippen LogP contribution in [0.3, 0.4) is 0 Å². The molecule has 2 heterocycles. The number of benzene rings is 1. The Balaban J connectivity index is 1.90. The van der Waals surface area contributed by atoms with Crippen LogP contribution in [0.15, 0.2) is 18.2 Å². The number of amides is 1. The van der Waals surface area contributed by atoms with Gasteiger partial charge in [-0.2, -0.15) is 0 Å². The lowest BCUT2D eigenvalue weighted by Gasteiger charge is -2.28. The van der Waals surface area contributed by atoms with Gasteiger partial charge in [0.1, 0.15) is 0 Å². The second-order valence-electron chi connectivity index (χ2n) is 5.21. The highest BCUT2D eigenvalue weighted by molar-refractivity contribution is 14.1. The van der Waals surface area contributed by atoms with Crippen molar-refractivity contribution in [2.75, 3.05) is 13.1 Å². The van der Waals surface area contributed by atoms with Crippen LogP contribution in [0.25, 0.3) is 0 Å². The molecule has 0 radical (unpaired) electrons. The summed E-state index contributed by atoms with van der Waals surface area (Å²) in [5, 5.41) is 3.97. The minimum atomic E-state index is 0.0950. The van der Waals surface area contributed by atoms with Crippen LogP contribution in [0.1, 0.15) is 29.6 Å². The van der Waals surface area contributed by atoms with Crippen LogP contribution in [-0.2, 0) is 0 Å². The number of rotatable bonds is 1. The Bertz CT molecular complexity index is 494. The molecule has 3 nitrogen and oxygen atoms in total. The van der Waals surface area contributed by atoms with E-state index in [0.717, 1.165) is 35.9 Å². The maximum atomic E-state index is 12.8. The van der Waals surface area contributed by atoms with E-state index >= 15 is 0 Å². The lowest BCUT2D eigenvalue weighted by Crippen LogP contribution is -2.42. The largest absolute Gasteiger partial charge is 0.331 e. The van der Waals surface area contributed by atoms with Gasteiger partial charge in [0, 0.05) is 22.2 Å². The molecule has 2 atom stereocenters. The van der Waals surface area contributed by atoms with Gasteiger partial charge in [-0.25, -0.2) is 0 Å². The van der Waals surface area contributed by atoms with E-state index in [9.17, 15) is 4.79 Å². The normalized spacial score (nSPS) is 26.3. The Labute approximate surface area is 131 Å². The lowest BCUT2D eigenvalue weighted by molar-refractivity contribution is 0.0680. The molecule has 2 bridgehead atoms. The van der Waals surface area contributed by atoms with Crippen LogP contribution in [0.5, 0.6) is 0 Å². The standard InChI is InChI=1S/C14H16ClIN2O/c15-13-7-9(16)1-4-12(13)14(19)18-10-2-3-11(18)8-17-6-5-10/h1,4,7,10-11,17H,2-3,5-6,8H2. The van der Waals surface area contributed by atoms with E-state index in [1.165, 1.54) is 0 Å². The van der Waals surface area contributed by atoms with Gasteiger partial charge in [0.05, 0.1) is 10.6 Å². The molecular formula is C14H16ClIN2O. The van der Waals surface area contributed by atoms with E-state index < -0.39 is 0 Å². The Morgan fingerprint density at radius 3 is 2.89 bits per heavy atom. The maximum Gasteiger partial charge on any atom is 0.255 e. The maximum absolute atomic E-state index is 12.8. The molecule has 1 aromatic carbocycles. The number of carbonyl (C=O) groups excluding carboxylic acids is 1. The summed E-state index contributed by atoms with van der Waals surface area (Å²) in [4.78, 5) is 14.8. The average molecular weight is 391 g/mol. The van der Waals surface area contributed by atoms with Crippen LogP contribution in [0, 0.1) is 3.57 Å². The van der Waals surface area contributed by atoms with E-state index in [2.05, 4.69) is 32.8 Å². The molecular weight excluding hydrogens is 375 g/mol. The smallest absolute Gasteiger partial charge is 0.255 e. The molecule has 0 spiro atoms. The van der Waals surface area contributed by atoms with E-state index in [4.69, 9.17) is 11.6 Å². The van der Waals surface area contributed by atoms with E-state index in [0.29, 0.717) is 22.7 Å². The van der Waals surface area contributed by atoms with Gasteiger partial charge in [-0.1, -0.05) is 11.6 Å². The molecule has 2 aliphatic heterocycles. The monoisotopic (exact) mass is 390 g/mol. The third kappa shape index (κ3) is 2.62. The van der Waals surface area contributed by atoms with Crippen molar-refractivity contribution in [3.8, 4) is 0 Å². The third-order valence-electron chi connectivity index (χ3n) is 4.05. The van der Waals surface area contributed by atoms with Gasteiger partial charge in [0.2, 0.25) is 0 Å². The highest BCUT2D eigenvalue weighted by atomic mass is 127. The van der Waals surface area contributed by atoms with Gasteiger partial charge in [-0.15, -0.1) is 0 Å². The first-order valence-electron chi connectivity index (χ1n) is 6.65. The van der Waals surface area contributed by atoms with E-state index in [1.807, 2.05) is 18.2 Å². The van der Waals surface area contributed by atoms with Crippen LogP contribution >= 0.6 is 34.2 Å². The number of fused-ring (bicyclic) bond motifs is 2. The molecule has 0 aromatic heterocycles. The SMILES string of the molecule is O=C(c1ccc(I)cc1Cl)N1C2CCNCC1CC2. The number of nitrogens with zero attached hydrogens (tertiary/aromatic N) is 1. The second kappa shape index (κ2) is 5.58. The highest BCUT2D eigenvalue weighted by Gasteiger charge is 2.38. The van der Waals surface area contributed by atoms with Crippen LogP contribution in [0.4, 0.5) is 0 Å². The fourth-order valence-electron chi connectivity index (χ4n) is 3.12. The van der Waals surface area contributed by atoms with Crippen molar-refractivity contribution in [3.05, 3.63) is 32.4 Å². The number of nitrogens with one attached hydrogen (secondary N) is 1. The molecule has 1 N–H and O–H groups in total. The Morgan fingerprint density at radius 2 is 2.11 bits per heavy atom. The summed E-state index contributed by atoms with van der Waals surface area (Å²) >= 11 is 8.44. The zero-order chi connectivity index (χ0) is 13.4. The van der Waals surface area contributed by atoms with Crippen molar-refractivity contribution in [1.82, 2.24) is 10.2 Å². The van der Waals surface area contributed by atoms with Crippen molar-refractivity contribution in [3.63, 3.8) is 0 Å². The number of halogens is 2. The predicted molar refractivity (Wildman–Crippen MR) is 84.6 cm³/mol. The van der Waals surface area contributed by atoms with Crippen molar-refractivity contribution < 1.29 is 4.79 Å². The summed E-state index contributed by atoms with van der Waals surface area (Å²) in [5.41, 5.74) is 0.640. The zero-order valence-corrected chi connectivity index (χ0v) is 13.4. The first kappa shape index (κ1) is 13.6. The number of carbonyl (C=O) groups is 1. The molecule has 2 aliphatic rings. The minimum Gasteiger partial charge on any atom is -0.331 e. The summed E-state index contributed by atoms with van der Waals surface area (Å²) in [7, 11) is 0. The summed E-state index contributed by atoms with van der Waals surface area (Å²) in [6, 6.07) is 6.35. The first-order chi connectivity index (χ1) is 9.16. The Morgan fingerprint density at radius 1 is 1.32 bits per heavy atom. The van der Waals surface area contributed by atoms with Crippen molar-refractivity contribution in [2.24, 2.45) is 0 Å². The Hall–Kier alpha value is -0.330. The predicted octanol–water partition coefficient (Wildman–Crippen LogP) is 2.91. The van der Waals surface area contributed by atoms with Gasteiger partial charge in [0.25, 0.3) is 5.91 Å². The lowest BCUT2D eigenvalue weighted by atomic mass is 10.1. The molecule has 0 aliphatic carbocycles. The molecule has 0 saturated carbocycles. The van der Waals surface area contributed by atoms with Crippen molar-refractivity contribution >= 4 is 40.1 Å². The molecule has 5 heteroatoms. The second-order valence-corrected chi connectivity index (χ2v) is 6.87. The first-order valence-corrected chi connectivity index (χ1v) is 8.11. The third-order valence-corrected chi connectivity index (χ3v) is 5.03. The van der Waals surface area contributed by atoms with Gasteiger partial charge in [-0.05, 0) is 66.6 Å². The molecule has 19 heavy (non-hydrogen) atoms. The van der Waals surface area contributed by atoms with Crippen LogP contribution in [-0.4, -0.2) is 36.0 Å². The number of hydrogen-bond donors (Lipinski definition) is 1. The summed E-state index contributed by atoms with van der Waals surface area (Å²) in [6.45, 7) is 1.91. The highest BCUT2D eigenvalue weighted by Crippen LogP contribution is 2.31. The molecule has 2 fully saturated rings. The Kier molecular flexibility index (Phi) is 4.01. The average Bonchev–Trinajstić information content (AvgIpc) is 2.62. The summed E-state index contributed by atoms with van der Waals surface area (Å²) < 4.78 is 1.06. The van der Waals surface area contributed by atoms with Crippen LogP contribution in [0.2, 0.25) is 5.02 Å². The quantitative estimate of drug-likeness (QED) is 0.748. The minimum absolute atomic E-state index is 0.0950. The topological polar surface area (TPSA) is 32.3 Å². The molecule has 2 saturated heterocycles. The van der Waals surface area contributed by atoms with E-state index in [1.54, 1.807) is 0 Å². The van der Waals surface area contributed by atoms with Crippen molar-refractivity contribution in [1.29, 1.82) is 0 Å². The molecule has 1 aromatic rings. The molecule has 102 valence electrons. The zero-order valence-electron chi connectivity index (χ0n) is 10.5. The fourth-order valence-corrected chi connectivity index (χ4v) is 4.05. The molecule has 2 unspecified atom stereocenters. The van der Waals surface area contributed by atoms with Gasteiger partial charge >= 0.3 is 0 Å². The summed E-state index contributed by atoms with van der Waals surface area (Å²) in [5.74, 6) is 0.0950. The summed E-state index contributed by atoms with van der Waals surface area (Å²) in [6.07, 6.45) is 3.27. The fraction of sp³-hybridized carbons (Fsp3) is 0.500. The van der Waals surface area contributed by atoms with Gasteiger partial charge in [0.15, 0.2) is 0 Å². The molecule has 3 rings (SSSR count). The van der Waals surface area contributed by atoms with Crippen LogP contribution < -0.4 is 5.32 Å². The molecule has 1 amide bonds. The van der Waals surface area contributed by atoms with Gasteiger partial charge in [-0.3, -0.25) is 4.79 Å². The van der Waals surface area contributed by atoms with E-state index in [-0.39, 0.29) is 5.91 Å². The van der Waals surface area contributed by atoms with Gasteiger partial charge < -0.3 is 10.2 Å². The van der Waals surface area contributed by atoms with Crippen molar-refractivity contribution in [2.45, 2.75) is 31.3 Å².